The molecule has 1 heterocycles. The van der Waals surface area contributed by atoms with E-state index < -0.39 is 23.4 Å². The lowest BCUT2D eigenvalue weighted by Gasteiger charge is -2.13. The zero-order valence-electron chi connectivity index (χ0n) is 14.8. The van der Waals surface area contributed by atoms with Crippen LogP contribution in [0.4, 0.5) is 8.78 Å². The number of carboxylic acid groups (broad SMARTS) is 1. The van der Waals surface area contributed by atoms with Gasteiger partial charge in [0.05, 0.1) is 0 Å². The van der Waals surface area contributed by atoms with Crippen LogP contribution < -0.4 is 4.74 Å². The van der Waals surface area contributed by atoms with Crippen LogP contribution in [0.1, 0.15) is 37.2 Å². The van der Waals surface area contributed by atoms with Gasteiger partial charge in [-0.25, -0.2) is 18.7 Å². The van der Waals surface area contributed by atoms with Gasteiger partial charge in [-0.15, -0.1) is 11.8 Å². The number of rotatable bonds is 8. The third-order valence-corrected chi connectivity index (χ3v) is 4.40. The molecule has 5 nitrogen and oxygen atoms in total. The summed E-state index contributed by atoms with van der Waals surface area (Å²) in [5.74, 6) is -2.64. The molecule has 1 aromatic heterocycles. The van der Waals surface area contributed by atoms with E-state index in [-0.39, 0.29) is 30.3 Å². The fourth-order valence-electron chi connectivity index (χ4n) is 2.19. The van der Waals surface area contributed by atoms with E-state index in [1.807, 2.05) is 13.8 Å². The maximum absolute atomic E-state index is 14.2. The standard InChI is InChI=1S/C18H20F2N2O3S/c1-10(2)26-18-13(8-21-11(3)22-18)9-25-17-14(19)6-12(7-15(17)20)4-5-16(23)24/h6-8,10H,4-5,9H2,1-3H3,(H,23,24). The third kappa shape index (κ3) is 5.66. The lowest BCUT2D eigenvalue weighted by Crippen LogP contribution is -2.06. The van der Waals surface area contributed by atoms with E-state index in [9.17, 15) is 13.6 Å². The van der Waals surface area contributed by atoms with Gasteiger partial charge in [0.2, 0.25) is 0 Å². The lowest BCUT2D eigenvalue weighted by molar-refractivity contribution is -0.136. The summed E-state index contributed by atoms with van der Waals surface area (Å²) in [6.07, 6.45) is 1.43. The number of hydrogen-bond donors (Lipinski definition) is 1. The highest BCUT2D eigenvalue weighted by molar-refractivity contribution is 7.99. The molecule has 0 unspecified atom stereocenters. The van der Waals surface area contributed by atoms with E-state index >= 15 is 0 Å². The summed E-state index contributed by atoms with van der Waals surface area (Å²) in [5.41, 5.74) is 0.910. The van der Waals surface area contributed by atoms with Crippen LogP contribution >= 0.6 is 11.8 Å². The largest absolute Gasteiger partial charge is 0.483 e. The van der Waals surface area contributed by atoms with E-state index in [0.717, 1.165) is 12.1 Å². The second-order valence-electron chi connectivity index (χ2n) is 5.99. The lowest BCUT2D eigenvalue weighted by atomic mass is 10.1. The number of aliphatic carboxylic acids is 1. The average Bonchev–Trinajstić information content (AvgIpc) is 2.53. The van der Waals surface area contributed by atoms with Crippen molar-refractivity contribution >= 4 is 17.7 Å². The van der Waals surface area contributed by atoms with Crippen LogP contribution in [0.3, 0.4) is 0 Å². The Bertz CT molecular complexity index is 777. The van der Waals surface area contributed by atoms with Crippen LogP contribution in [-0.4, -0.2) is 26.3 Å². The van der Waals surface area contributed by atoms with Gasteiger partial charge in [0.25, 0.3) is 0 Å². The molecule has 0 aliphatic rings. The summed E-state index contributed by atoms with van der Waals surface area (Å²) in [6.45, 7) is 5.73. The predicted octanol–water partition coefficient (Wildman–Crippen LogP) is 4.16. The number of aromatic nitrogens is 2. The molecule has 1 N–H and O–H groups in total. The zero-order valence-corrected chi connectivity index (χ0v) is 15.6. The third-order valence-electron chi connectivity index (χ3n) is 3.35. The summed E-state index contributed by atoms with van der Waals surface area (Å²) in [6, 6.07) is 2.19. The predicted molar refractivity (Wildman–Crippen MR) is 94.4 cm³/mol. The number of thioether (sulfide) groups is 1. The first-order chi connectivity index (χ1) is 12.3. The maximum atomic E-state index is 14.2. The summed E-state index contributed by atoms with van der Waals surface area (Å²) in [4.78, 5) is 19.0. The van der Waals surface area contributed by atoms with Crippen molar-refractivity contribution in [2.45, 2.75) is 50.5 Å². The molecule has 0 fully saturated rings. The molecular weight excluding hydrogens is 362 g/mol. The summed E-state index contributed by atoms with van der Waals surface area (Å²) < 4.78 is 33.7. The molecule has 0 atom stereocenters. The second-order valence-corrected chi connectivity index (χ2v) is 7.55. The molecule has 0 aliphatic heterocycles. The molecule has 0 spiro atoms. The molecule has 0 aliphatic carbocycles. The van der Waals surface area contributed by atoms with Crippen LogP contribution in [0, 0.1) is 18.6 Å². The number of carboxylic acids is 1. The van der Waals surface area contributed by atoms with Crippen molar-refractivity contribution in [3.63, 3.8) is 0 Å². The van der Waals surface area contributed by atoms with Crippen molar-refractivity contribution in [1.29, 1.82) is 0 Å². The van der Waals surface area contributed by atoms with Gasteiger partial charge < -0.3 is 9.84 Å². The summed E-state index contributed by atoms with van der Waals surface area (Å²) in [7, 11) is 0. The fraction of sp³-hybridized carbons (Fsp3) is 0.389. The normalized spacial score (nSPS) is 11.0. The van der Waals surface area contributed by atoms with Gasteiger partial charge >= 0.3 is 5.97 Å². The second kappa shape index (κ2) is 8.93. The summed E-state index contributed by atoms with van der Waals surface area (Å²) >= 11 is 1.52. The van der Waals surface area contributed by atoms with E-state index in [0.29, 0.717) is 16.4 Å². The number of halogens is 2. The van der Waals surface area contributed by atoms with Crippen molar-refractivity contribution in [2.75, 3.05) is 0 Å². The highest BCUT2D eigenvalue weighted by Crippen LogP contribution is 2.28. The van der Waals surface area contributed by atoms with E-state index in [4.69, 9.17) is 9.84 Å². The fourth-order valence-corrected chi connectivity index (χ4v) is 3.09. The van der Waals surface area contributed by atoms with Gasteiger partial charge in [0.1, 0.15) is 17.5 Å². The number of hydrogen-bond acceptors (Lipinski definition) is 5. The number of ether oxygens (including phenoxy) is 1. The van der Waals surface area contributed by atoms with Gasteiger partial charge in [0.15, 0.2) is 17.4 Å². The quantitative estimate of drug-likeness (QED) is 0.546. The minimum Gasteiger partial charge on any atom is -0.483 e. The number of benzene rings is 1. The Kier molecular flexibility index (Phi) is 6.90. The highest BCUT2D eigenvalue weighted by Gasteiger charge is 2.16. The maximum Gasteiger partial charge on any atom is 0.303 e. The number of aryl methyl sites for hydroxylation is 2. The summed E-state index contributed by atoms with van der Waals surface area (Å²) in [5, 5.41) is 9.66. The molecular formula is C18H20F2N2O3S. The first-order valence-electron chi connectivity index (χ1n) is 8.08. The van der Waals surface area contributed by atoms with Crippen molar-refractivity contribution in [1.82, 2.24) is 9.97 Å². The minimum atomic E-state index is -1.03. The van der Waals surface area contributed by atoms with E-state index in [1.54, 1.807) is 13.1 Å². The first-order valence-corrected chi connectivity index (χ1v) is 8.96. The number of nitrogens with zero attached hydrogens (tertiary/aromatic N) is 2. The van der Waals surface area contributed by atoms with Gasteiger partial charge in [-0.05, 0) is 31.0 Å². The Balaban J connectivity index is 2.16. The van der Waals surface area contributed by atoms with Gasteiger partial charge in [0, 0.05) is 23.4 Å². The topological polar surface area (TPSA) is 72.3 Å². The highest BCUT2D eigenvalue weighted by atomic mass is 32.2. The Hall–Kier alpha value is -2.22. The van der Waals surface area contributed by atoms with Gasteiger partial charge in [-0.1, -0.05) is 13.8 Å². The number of carbonyl (C=O) groups is 1. The molecule has 26 heavy (non-hydrogen) atoms. The molecule has 1 aromatic carbocycles. The van der Waals surface area contributed by atoms with Crippen molar-refractivity contribution in [3.05, 3.63) is 46.9 Å². The van der Waals surface area contributed by atoms with Crippen LogP contribution in [-0.2, 0) is 17.8 Å². The molecule has 0 radical (unpaired) electrons. The van der Waals surface area contributed by atoms with Gasteiger partial charge in [-0.3, -0.25) is 4.79 Å². The van der Waals surface area contributed by atoms with Gasteiger partial charge in [-0.2, -0.15) is 0 Å². The zero-order chi connectivity index (χ0) is 19.3. The van der Waals surface area contributed by atoms with E-state index in [1.165, 1.54) is 11.8 Å². The van der Waals surface area contributed by atoms with Crippen molar-refractivity contribution < 1.29 is 23.4 Å². The van der Waals surface area contributed by atoms with Crippen LogP contribution in [0.5, 0.6) is 5.75 Å². The van der Waals surface area contributed by atoms with Crippen LogP contribution in [0.15, 0.2) is 23.4 Å². The Morgan fingerprint density at radius 1 is 1.31 bits per heavy atom. The van der Waals surface area contributed by atoms with Crippen LogP contribution in [0.25, 0.3) is 0 Å². The Morgan fingerprint density at radius 3 is 2.54 bits per heavy atom. The Labute approximate surface area is 154 Å². The SMILES string of the molecule is Cc1ncc(COc2c(F)cc(CCC(=O)O)cc2F)c(SC(C)C)n1. The Morgan fingerprint density at radius 2 is 1.96 bits per heavy atom. The monoisotopic (exact) mass is 382 g/mol. The minimum absolute atomic E-state index is 0.0461. The molecule has 8 heteroatoms. The molecule has 0 saturated heterocycles. The van der Waals surface area contributed by atoms with Crippen molar-refractivity contribution in [3.8, 4) is 5.75 Å². The molecule has 0 saturated carbocycles. The molecule has 2 aromatic rings. The van der Waals surface area contributed by atoms with Crippen molar-refractivity contribution in [2.24, 2.45) is 0 Å². The smallest absolute Gasteiger partial charge is 0.303 e. The molecule has 0 amide bonds. The average molecular weight is 382 g/mol. The molecule has 0 bridgehead atoms. The van der Waals surface area contributed by atoms with Crippen LogP contribution in [0.2, 0.25) is 0 Å². The first kappa shape index (κ1) is 20.1. The molecule has 2 rings (SSSR count). The molecule has 140 valence electrons. The van der Waals surface area contributed by atoms with E-state index in [2.05, 4.69) is 9.97 Å².